The monoisotopic (exact) mass is 388 g/mol. The molecule has 1 amide bonds. The van der Waals surface area contributed by atoms with E-state index in [9.17, 15) is 13.2 Å². The van der Waals surface area contributed by atoms with Crippen molar-refractivity contribution in [2.45, 2.75) is 40.3 Å². The normalized spacial score (nSPS) is 12.8. The highest BCUT2D eigenvalue weighted by molar-refractivity contribution is 7.88. The topological polar surface area (TPSA) is 66.5 Å². The Hall–Kier alpha value is -2.18. The summed E-state index contributed by atoms with van der Waals surface area (Å²) in [4.78, 5) is 12.5. The predicted octanol–water partition coefficient (Wildman–Crippen LogP) is 3.25. The Morgan fingerprint density at radius 3 is 2.22 bits per heavy atom. The van der Waals surface area contributed by atoms with Gasteiger partial charge in [-0.05, 0) is 55.5 Å². The lowest BCUT2D eigenvalue weighted by molar-refractivity contribution is -0.122. The zero-order valence-electron chi connectivity index (χ0n) is 16.6. The summed E-state index contributed by atoms with van der Waals surface area (Å²) in [6, 6.07) is 13.2. The molecule has 0 aliphatic rings. The zero-order chi connectivity index (χ0) is 20.2. The molecule has 0 unspecified atom stereocenters. The maximum absolute atomic E-state index is 12.5. The van der Waals surface area contributed by atoms with Gasteiger partial charge in [-0.25, -0.2) is 8.42 Å². The maximum Gasteiger partial charge on any atom is 0.235 e. The molecule has 0 radical (unpaired) electrons. The number of rotatable bonds is 7. The van der Waals surface area contributed by atoms with E-state index >= 15 is 0 Å². The first-order valence-electron chi connectivity index (χ1n) is 8.94. The second-order valence-corrected chi connectivity index (χ2v) is 9.08. The Morgan fingerprint density at radius 2 is 1.63 bits per heavy atom. The number of hydrogen-bond acceptors (Lipinski definition) is 3. The van der Waals surface area contributed by atoms with Gasteiger partial charge in [-0.2, -0.15) is 4.31 Å². The number of hydrogen-bond donors (Lipinski definition) is 1. The van der Waals surface area contributed by atoms with Crippen LogP contribution >= 0.6 is 0 Å². The lowest BCUT2D eigenvalue weighted by Gasteiger charge is -2.22. The number of amides is 1. The molecule has 1 atom stereocenters. The summed E-state index contributed by atoms with van der Waals surface area (Å²) in [6.07, 6.45) is 1.13. The molecule has 0 spiro atoms. The first-order valence-corrected chi connectivity index (χ1v) is 10.8. The van der Waals surface area contributed by atoms with Crippen LogP contribution in [-0.4, -0.2) is 31.4 Å². The lowest BCUT2D eigenvalue weighted by atomic mass is 9.96. The van der Waals surface area contributed by atoms with Gasteiger partial charge in [0.05, 0.1) is 18.8 Å². The van der Waals surface area contributed by atoms with Gasteiger partial charge >= 0.3 is 0 Å². The number of nitrogens with one attached hydrogen (secondary N) is 1. The van der Waals surface area contributed by atoms with Crippen molar-refractivity contribution in [3.8, 4) is 0 Å². The van der Waals surface area contributed by atoms with Crippen LogP contribution in [0.5, 0.6) is 0 Å². The summed E-state index contributed by atoms with van der Waals surface area (Å²) in [6.45, 7) is 7.99. The molecule has 6 heteroatoms. The third-order valence-corrected chi connectivity index (χ3v) is 5.91. The van der Waals surface area contributed by atoms with Crippen LogP contribution in [0.15, 0.2) is 42.5 Å². The van der Waals surface area contributed by atoms with E-state index in [-0.39, 0.29) is 25.0 Å². The molecular weight excluding hydrogens is 360 g/mol. The smallest absolute Gasteiger partial charge is 0.235 e. The Labute approximate surface area is 162 Å². The Balaban J connectivity index is 2.10. The van der Waals surface area contributed by atoms with Crippen molar-refractivity contribution in [1.29, 1.82) is 0 Å². The van der Waals surface area contributed by atoms with Crippen LogP contribution in [0.1, 0.15) is 40.8 Å². The fourth-order valence-electron chi connectivity index (χ4n) is 3.05. The summed E-state index contributed by atoms with van der Waals surface area (Å²) in [5.41, 5.74) is 5.36. The Morgan fingerprint density at radius 1 is 1.04 bits per heavy atom. The molecule has 5 nitrogen and oxygen atoms in total. The van der Waals surface area contributed by atoms with Crippen LogP contribution in [0.4, 0.5) is 0 Å². The molecule has 146 valence electrons. The summed E-state index contributed by atoms with van der Waals surface area (Å²) in [7, 11) is -3.51. The minimum Gasteiger partial charge on any atom is -0.348 e. The minimum absolute atomic E-state index is 0.171. The molecule has 2 aromatic rings. The average molecular weight is 389 g/mol. The van der Waals surface area contributed by atoms with E-state index in [0.29, 0.717) is 0 Å². The van der Waals surface area contributed by atoms with Crippen molar-refractivity contribution in [2.75, 3.05) is 12.8 Å². The summed E-state index contributed by atoms with van der Waals surface area (Å²) in [5, 5.41) is 2.93. The fourth-order valence-corrected chi connectivity index (χ4v) is 3.79. The van der Waals surface area contributed by atoms with E-state index in [4.69, 9.17) is 0 Å². The molecule has 2 aromatic carbocycles. The van der Waals surface area contributed by atoms with Crippen LogP contribution in [0.3, 0.4) is 0 Å². The van der Waals surface area contributed by atoms with Gasteiger partial charge < -0.3 is 5.32 Å². The van der Waals surface area contributed by atoms with E-state index in [1.165, 1.54) is 15.4 Å². The van der Waals surface area contributed by atoms with Crippen molar-refractivity contribution in [2.24, 2.45) is 0 Å². The van der Waals surface area contributed by atoms with Crippen LogP contribution in [0.25, 0.3) is 0 Å². The maximum atomic E-state index is 12.5. The molecule has 27 heavy (non-hydrogen) atoms. The standard InChI is InChI=1S/C21H28N2O3S/c1-15-11-17(3)20(12-16(15)2)18(4)22-21(24)14-23(27(5,25)26)13-19-9-7-6-8-10-19/h6-12,18H,13-14H2,1-5H3,(H,22,24)/t18-/m0/s1. The molecule has 0 bridgehead atoms. The van der Waals surface area contributed by atoms with Gasteiger partial charge in [0.25, 0.3) is 0 Å². The highest BCUT2D eigenvalue weighted by atomic mass is 32.2. The highest BCUT2D eigenvalue weighted by Crippen LogP contribution is 2.21. The van der Waals surface area contributed by atoms with Crippen molar-refractivity contribution in [3.05, 3.63) is 70.3 Å². The SMILES string of the molecule is Cc1cc(C)c([C@H](C)NC(=O)CN(Cc2ccccc2)S(C)(=O)=O)cc1C. The van der Waals surface area contributed by atoms with Gasteiger partial charge in [-0.3, -0.25) is 4.79 Å². The minimum atomic E-state index is -3.51. The van der Waals surface area contributed by atoms with Gasteiger partial charge in [0.1, 0.15) is 0 Å². The van der Waals surface area contributed by atoms with Gasteiger partial charge in [0.2, 0.25) is 15.9 Å². The third kappa shape index (κ3) is 5.91. The lowest BCUT2D eigenvalue weighted by Crippen LogP contribution is -2.40. The van der Waals surface area contributed by atoms with Crippen LogP contribution < -0.4 is 5.32 Å². The largest absolute Gasteiger partial charge is 0.348 e. The first-order chi connectivity index (χ1) is 12.6. The average Bonchev–Trinajstić information content (AvgIpc) is 2.57. The molecular formula is C21H28N2O3S. The Bertz CT molecular complexity index is 909. The summed E-state index contributed by atoms with van der Waals surface area (Å²) >= 11 is 0. The third-order valence-electron chi connectivity index (χ3n) is 4.72. The molecule has 0 aliphatic carbocycles. The molecule has 1 N–H and O–H groups in total. The number of benzene rings is 2. The molecule has 0 heterocycles. The van der Waals surface area contributed by atoms with Gasteiger partial charge in [0.15, 0.2) is 0 Å². The fraction of sp³-hybridized carbons (Fsp3) is 0.381. The number of sulfonamides is 1. The quantitative estimate of drug-likeness (QED) is 0.792. The van der Waals surface area contributed by atoms with Gasteiger partial charge in [0, 0.05) is 6.54 Å². The second kappa shape index (κ2) is 8.67. The summed E-state index contributed by atoms with van der Waals surface area (Å²) < 4.78 is 25.4. The number of carbonyl (C=O) groups excluding carboxylic acids is 1. The molecule has 0 aliphatic heterocycles. The van der Waals surface area contributed by atoms with Gasteiger partial charge in [-0.15, -0.1) is 0 Å². The van der Waals surface area contributed by atoms with Crippen molar-refractivity contribution >= 4 is 15.9 Å². The molecule has 0 saturated heterocycles. The molecule has 0 aromatic heterocycles. The van der Waals surface area contributed by atoms with Crippen LogP contribution in [-0.2, 0) is 21.4 Å². The van der Waals surface area contributed by atoms with Crippen molar-refractivity contribution in [3.63, 3.8) is 0 Å². The molecule has 2 rings (SSSR count). The van der Waals surface area contributed by atoms with E-state index in [1.54, 1.807) is 0 Å². The Kier molecular flexibility index (Phi) is 6.78. The number of aryl methyl sites for hydroxylation is 3. The van der Waals surface area contributed by atoms with Crippen molar-refractivity contribution < 1.29 is 13.2 Å². The highest BCUT2D eigenvalue weighted by Gasteiger charge is 2.22. The van der Waals surface area contributed by atoms with E-state index in [2.05, 4.69) is 24.4 Å². The second-order valence-electron chi connectivity index (χ2n) is 7.10. The molecule has 0 saturated carbocycles. The molecule has 0 fully saturated rings. The number of carbonyl (C=O) groups is 1. The van der Waals surface area contributed by atoms with Gasteiger partial charge in [-0.1, -0.05) is 42.5 Å². The van der Waals surface area contributed by atoms with E-state index in [1.807, 2.05) is 51.1 Å². The zero-order valence-corrected chi connectivity index (χ0v) is 17.4. The van der Waals surface area contributed by atoms with Crippen LogP contribution in [0, 0.1) is 20.8 Å². The number of nitrogens with zero attached hydrogens (tertiary/aromatic N) is 1. The predicted molar refractivity (Wildman–Crippen MR) is 109 cm³/mol. The summed E-state index contributed by atoms with van der Waals surface area (Å²) in [5.74, 6) is -0.318. The van der Waals surface area contributed by atoms with E-state index in [0.717, 1.165) is 22.9 Å². The van der Waals surface area contributed by atoms with Crippen LogP contribution in [0.2, 0.25) is 0 Å². The first kappa shape index (κ1) is 21.1. The van der Waals surface area contributed by atoms with E-state index < -0.39 is 10.0 Å². The van der Waals surface area contributed by atoms with Crippen molar-refractivity contribution in [1.82, 2.24) is 9.62 Å².